The Kier molecular flexibility index (Phi) is 5.39. The molecular formula is C22H24FN3O2. The van der Waals surface area contributed by atoms with Gasteiger partial charge in [0, 0.05) is 43.3 Å². The number of anilines is 1. The first kappa shape index (κ1) is 18.6. The highest BCUT2D eigenvalue weighted by Crippen LogP contribution is 2.25. The molecule has 0 bridgehead atoms. The zero-order valence-electron chi connectivity index (χ0n) is 15.7. The molecule has 0 unspecified atom stereocenters. The highest BCUT2D eigenvalue weighted by molar-refractivity contribution is 5.94. The Hall–Kier alpha value is -2.73. The Labute approximate surface area is 163 Å². The number of nitrogens with zero attached hydrogens (tertiary/aromatic N) is 1. The van der Waals surface area contributed by atoms with E-state index >= 15 is 0 Å². The molecule has 2 aliphatic heterocycles. The quantitative estimate of drug-likeness (QED) is 0.856. The van der Waals surface area contributed by atoms with Crippen LogP contribution in [-0.4, -0.2) is 35.8 Å². The molecule has 0 saturated carbocycles. The van der Waals surface area contributed by atoms with Crippen molar-refractivity contribution in [1.29, 1.82) is 0 Å². The molecule has 2 amide bonds. The number of hydrogen-bond acceptors (Lipinski definition) is 3. The van der Waals surface area contributed by atoms with Crippen molar-refractivity contribution in [3.8, 4) is 0 Å². The molecule has 2 heterocycles. The van der Waals surface area contributed by atoms with E-state index in [4.69, 9.17) is 0 Å². The lowest BCUT2D eigenvalue weighted by Gasteiger charge is -2.32. The van der Waals surface area contributed by atoms with Crippen LogP contribution in [0.4, 0.5) is 10.1 Å². The maximum Gasteiger partial charge on any atom is 0.251 e. The second-order valence-electron chi connectivity index (χ2n) is 7.57. The minimum Gasteiger partial charge on any atom is -0.349 e. The Morgan fingerprint density at radius 2 is 1.86 bits per heavy atom. The zero-order chi connectivity index (χ0) is 19.5. The van der Waals surface area contributed by atoms with Crippen molar-refractivity contribution < 1.29 is 14.0 Å². The van der Waals surface area contributed by atoms with Gasteiger partial charge in [0.1, 0.15) is 5.82 Å². The van der Waals surface area contributed by atoms with E-state index in [1.165, 1.54) is 35.4 Å². The van der Waals surface area contributed by atoms with E-state index in [0.29, 0.717) is 12.0 Å². The summed E-state index contributed by atoms with van der Waals surface area (Å²) in [7, 11) is 0. The number of hydrogen-bond donors (Lipinski definition) is 2. The van der Waals surface area contributed by atoms with Crippen molar-refractivity contribution in [3.05, 3.63) is 65.0 Å². The highest BCUT2D eigenvalue weighted by atomic mass is 19.1. The first-order chi connectivity index (χ1) is 13.6. The summed E-state index contributed by atoms with van der Waals surface area (Å²) < 4.78 is 13.0. The molecule has 28 heavy (non-hydrogen) atoms. The first-order valence-corrected chi connectivity index (χ1v) is 9.77. The summed E-state index contributed by atoms with van der Waals surface area (Å²) in [4.78, 5) is 26.2. The molecule has 0 spiro atoms. The minimum absolute atomic E-state index is 0.0855. The SMILES string of the molecule is O=C1CCc2ccc(CN3CCC(NC(=O)c4ccc(F)cc4)CC3)cc2N1. The molecule has 2 N–H and O–H groups in total. The van der Waals surface area contributed by atoms with E-state index in [9.17, 15) is 14.0 Å². The van der Waals surface area contributed by atoms with Crippen molar-refractivity contribution in [2.24, 2.45) is 0 Å². The summed E-state index contributed by atoms with van der Waals surface area (Å²) in [5, 5.41) is 6.01. The van der Waals surface area contributed by atoms with Gasteiger partial charge in [0.2, 0.25) is 5.91 Å². The van der Waals surface area contributed by atoms with Crippen LogP contribution in [0.15, 0.2) is 42.5 Å². The molecule has 2 aromatic carbocycles. The van der Waals surface area contributed by atoms with Gasteiger partial charge < -0.3 is 10.6 Å². The minimum atomic E-state index is -0.341. The fraction of sp³-hybridized carbons (Fsp3) is 0.364. The van der Waals surface area contributed by atoms with E-state index in [0.717, 1.165) is 44.6 Å². The van der Waals surface area contributed by atoms with Crippen LogP contribution in [-0.2, 0) is 17.8 Å². The third kappa shape index (κ3) is 4.39. The van der Waals surface area contributed by atoms with E-state index in [2.05, 4.69) is 33.7 Å². The first-order valence-electron chi connectivity index (χ1n) is 9.77. The van der Waals surface area contributed by atoms with Crippen molar-refractivity contribution >= 4 is 17.5 Å². The van der Waals surface area contributed by atoms with Gasteiger partial charge >= 0.3 is 0 Å². The lowest BCUT2D eigenvalue weighted by atomic mass is 9.99. The standard InChI is InChI=1S/C22H24FN3O2/c23-18-6-3-17(4-7-18)22(28)24-19-9-11-26(12-10-19)14-15-1-2-16-5-8-21(27)25-20(16)13-15/h1-4,6-7,13,19H,5,8-12,14H2,(H,24,28)(H,25,27). The average molecular weight is 381 g/mol. The molecule has 4 rings (SSSR count). The molecule has 1 fully saturated rings. The number of rotatable bonds is 4. The van der Waals surface area contributed by atoms with Crippen molar-refractivity contribution in [2.45, 2.75) is 38.3 Å². The van der Waals surface area contributed by atoms with Gasteiger partial charge in [-0.15, -0.1) is 0 Å². The molecule has 5 nitrogen and oxygen atoms in total. The van der Waals surface area contributed by atoms with Gasteiger partial charge in [-0.25, -0.2) is 4.39 Å². The largest absolute Gasteiger partial charge is 0.349 e. The Morgan fingerprint density at radius 3 is 2.61 bits per heavy atom. The third-order valence-corrected chi connectivity index (χ3v) is 5.51. The van der Waals surface area contributed by atoms with E-state index in [1.54, 1.807) is 0 Å². The second kappa shape index (κ2) is 8.10. The third-order valence-electron chi connectivity index (χ3n) is 5.51. The topological polar surface area (TPSA) is 61.4 Å². The predicted molar refractivity (Wildman–Crippen MR) is 106 cm³/mol. The summed E-state index contributed by atoms with van der Waals surface area (Å²) in [6.07, 6.45) is 3.13. The predicted octanol–water partition coefficient (Wildman–Crippen LogP) is 3.10. The van der Waals surface area contributed by atoms with Crippen LogP contribution in [0.2, 0.25) is 0 Å². The van der Waals surface area contributed by atoms with Crippen molar-refractivity contribution in [1.82, 2.24) is 10.2 Å². The maximum absolute atomic E-state index is 13.0. The van der Waals surface area contributed by atoms with Crippen molar-refractivity contribution in [2.75, 3.05) is 18.4 Å². The Balaban J connectivity index is 1.28. The number of fused-ring (bicyclic) bond motifs is 1. The fourth-order valence-electron chi connectivity index (χ4n) is 3.88. The number of benzene rings is 2. The summed E-state index contributed by atoms with van der Waals surface area (Å²) in [6.45, 7) is 2.64. The number of halogens is 1. The average Bonchev–Trinajstić information content (AvgIpc) is 2.69. The van der Waals surface area contributed by atoms with Gasteiger partial charge in [0.05, 0.1) is 0 Å². The van der Waals surface area contributed by atoms with Gasteiger partial charge in [-0.2, -0.15) is 0 Å². The van der Waals surface area contributed by atoms with Gasteiger partial charge in [0.15, 0.2) is 0 Å². The van der Waals surface area contributed by atoms with E-state index in [1.807, 2.05) is 0 Å². The molecule has 1 saturated heterocycles. The summed E-state index contributed by atoms with van der Waals surface area (Å²) in [5.41, 5.74) is 3.82. The molecule has 0 aromatic heterocycles. The van der Waals surface area contributed by atoms with Gasteiger partial charge in [-0.1, -0.05) is 12.1 Å². The van der Waals surface area contributed by atoms with Crippen LogP contribution in [0.25, 0.3) is 0 Å². The molecule has 2 aliphatic rings. The number of likely N-dealkylation sites (tertiary alicyclic amines) is 1. The van der Waals surface area contributed by atoms with Crippen LogP contribution >= 0.6 is 0 Å². The maximum atomic E-state index is 13.0. The van der Waals surface area contributed by atoms with Crippen LogP contribution in [0.1, 0.15) is 40.7 Å². The van der Waals surface area contributed by atoms with E-state index < -0.39 is 0 Å². The monoisotopic (exact) mass is 381 g/mol. The van der Waals surface area contributed by atoms with Crippen LogP contribution < -0.4 is 10.6 Å². The molecule has 146 valence electrons. The normalized spacial score (nSPS) is 17.7. The molecule has 2 aromatic rings. The summed E-state index contributed by atoms with van der Waals surface area (Å²) in [5.74, 6) is -0.405. The zero-order valence-corrected chi connectivity index (χ0v) is 15.7. The molecular weight excluding hydrogens is 357 g/mol. The molecule has 0 radical (unpaired) electrons. The number of piperidine rings is 1. The van der Waals surface area contributed by atoms with Crippen molar-refractivity contribution in [3.63, 3.8) is 0 Å². The Bertz CT molecular complexity index is 874. The number of amides is 2. The summed E-state index contributed by atoms with van der Waals surface area (Å²) in [6, 6.07) is 12.1. The highest BCUT2D eigenvalue weighted by Gasteiger charge is 2.22. The van der Waals surface area contributed by atoms with Crippen LogP contribution in [0.5, 0.6) is 0 Å². The van der Waals surface area contributed by atoms with E-state index in [-0.39, 0.29) is 23.7 Å². The molecule has 0 aliphatic carbocycles. The van der Waals surface area contributed by atoms with Crippen LogP contribution in [0, 0.1) is 5.82 Å². The number of aryl methyl sites for hydroxylation is 1. The molecule has 6 heteroatoms. The number of carbonyl (C=O) groups excluding carboxylic acids is 2. The Morgan fingerprint density at radius 1 is 1.11 bits per heavy atom. The lowest BCUT2D eigenvalue weighted by molar-refractivity contribution is -0.116. The van der Waals surface area contributed by atoms with Gasteiger partial charge in [0.25, 0.3) is 5.91 Å². The van der Waals surface area contributed by atoms with Gasteiger partial charge in [-0.05, 0) is 60.7 Å². The number of nitrogens with one attached hydrogen (secondary N) is 2. The summed E-state index contributed by atoms with van der Waals surface area (Å²) >= 11 is 0. The smallest absolute Gasteiger partial charge is 0.251 e. The molecule has 0 atom stereocenters. The van der Waals surface area contributed by atoms with Crippen LogP contribution in [0.3, 0.4) is 0 Å². The fourth-order valence-corrected chi connectivity index (χ4v) is 3.88. The lowest BCUT2D eigenvalue weighted by Crippen LogP contribution is -2.44. The number of carbonyl (C=O) groups is 2. The second-order valence-corrected chi connectivity index (χ2v) is 7.57. The van der Waals surface area contributed by atoms with Gasteiger partial charge in [-0.3, -0.25) is 14.5 Å².